The van der Waals surface area contributed by atoms with Gasteiger partial charge < -0.3 is 0 Å². The second-order valence-electron chi connectivity index (χ2n) is 3.78. The Bertz CT molecular complexity index is 478. The number of alkyl halides is 1. The van der Waals surface area contributed by atoms with Gasteiger partial charge in [0.15, 0.2) is 0 Å². The highest BCUT2D eigenvalue weighted by atomic mass is 35.5. The molecule has 2 rings (SSSR count). The fourth-order valence-electron chi connectivity index (χ4n) is 1.60. The molecule has 0 aromatic carbocycles. The Morgan fingerprint density at radius 2 is 2.25 bits per heavy atom. The van der Waals surface area contributed by atoms with Gasteiger partial charge in [-0.1, -0.05) is 0 Å². The van der Waals surface area contributed by atoms with Gasteiger partial charge in [0.1, 0.15) is 6.33 Å². The fraction of sp³-hybridized carbons (Fsp3) is 0.364. The lowest BCUT2D eigenvalue weighted by Crippen LogP contribution is -2.06. The van der Waals surface area contributed by atoms with E-state index in [1.165, 1.54) is 6.33 Å². The molecule has 0 bridgehead atoms. The van der Waals surface area contributed by atoms with Crippen molar-refractivity contribution >= 4 is 11.6 Å². The van der Waals surface area contributed by atoms with Gasteiger partial charge in [0.25, 0.3) is 0 Å². The van der Waals surface area contributed by atoms with E-state index in [0.717, 1.165) is 17.0 Å². The Hall–Kier alpha value is -1.42. The van der Waals surface area contributed by atoms with Gasteiger partial charge in [0.2, 0.25) is 0 Å². The first-order valence-corrected chi connectivity index (χ1v) is 5.66. The Morgan fingerprint density at radius 1 is 1.44 bits per heavy atom. The summed E-state index contributed by atoms with van der Waals surface area (Å²) in [5.74, 6) is 0.402. The maximum atomic E-state index is 5.87. The molecule has 2 aromatic heterocycles. The molecule has 0 fully saturated rings. The zero-order valence-corrected chi connectivity index (χ0v) is 10.0. The van der Waals surface area contributed by atoms with E-state index in [9.17, 15) is 0 Å². The van der Waals surface area contributed by atoms with Crippen molar-refractivity contribution in [1.82, 2.24) is 19.7 Å². The lowest BCUT2D eigenvalue weighted by molar-refractivity contribution is 0.537. The van der Waals surface area contributed by atoms with E-state index >= 15 is 0 Å². The second kappa shape index (κ2) is 4.61. The summed E-state index contributed by atoms with van der Waals surface area (Å²) in [4.78, 5) is 8.25. The van der Waals surface area contributed by atoms with Crippen molar-refractivity contribution in [2.75, 3.05) is 0 Å². The number of rotatable bonds is 3. The van der Waals surface area contributed by atoms with Gasteiger partial charge in [-0.25, -0.2) is 9.97 Å². The molecule has 2 aromatic rings. The summed E-state index contributed by atoms with van der Waals surface area (Å²) in [6.45, 7) is 4.16. The first kappa shape index (κ1) is 11.1. The molecular weight excluding hydrogens is 224 g/mol. The minimum atomic E-state index is 0.295. The van der Waals surface area contributed by atoms with Crippen LogP contribution in [0.1, 0.15) is 25.5 Å². The van der Waals surface area contributed by atoms with Crippen LogP contribution in [0.25, 0.3) is 11.4 Å². The normalized spacial score (nSPS) is 11.0. The molecule has 0 spiro atoms. The third kappa shape index (κ3) is 1.93. The molecule has 2 heterocycles. The van der Waals surface area contributed by atoms with Crippen molar-refractivity contribution in [2.45, 2.75) is 25.8 Å². The van der Waals surface area contributed by atoms with Gasteiger partial charge in [-0.3, -0.25) is 4.68 Å². The third-order valence-corrected chi connectivity index (χ3v) is 2.62. The van der Waals surface area contributed by atoms with E-state index in [1.54, 1.807) is 12.4 Å². The van der Waals surface area contributed by atoms with Gasteiger partial charge in [0.05, 0.1) is 17.3 Å². The number of hydrogen-bond acceptors (Lipinski definition) is 3. The first-order chi connectivity index (χ1) is 7.74. The zero-order valence-electron chi connectivity index (χ0n) is 9.26. The van der Waals surface area contributed by atoms with Crippen LogP contribution in [-0.4, -0.2) is 19.7 Å². The largest absolute Gasteiger partial charge is 0.261 e. The fourth-order valence-corrected chi connectivity index (χ4v) is 1.80. The highest BCUT2D eigenvalue weighted by Crippen LogP contribution is 2.23. The molecule has 84 valence electrons. The summed E-state index contributed by atoms with van der Waals surface area (Å²) in [5.41, 5.74) is 2.76. The number of halogens is 1. The minimum absolute atomic E-state index is 0.295. The molecule has 0 saturated heterocycles. The standard InChI is InChI=1S/C11H13ClN4/c1-8(2)16-10(3-4-15-16)11-9(5-12)6-13-7-14-11/h3-4,6-8H,5H2,1-2H3. The van der Waals surface area contributed by atoms with Crippen LogP contribution in [0.2, 0.25) is 0 Å². The predicted molar refractivity (Wildman–Crippen MR) is 63.2 cm³/mol. The molecule has 0 unspecified atom stereocenters. The van der Waals surface area contributed by atoms with Gasteiger partial charge >= 0.3 is 0 Å². The molecule has 0 N–H and O–H groups in total. The van der Waals surface area contributed by atoms with Crippen molar-refractivity contribution in [1.29, 1.82) is 0 Å². The molecule has 0 aliphatic carbocycles. The topological polar surface area (TPSA) is 43.6 Å². The number of aromatic nitrogens is 4. The Morgan fingerprint density at radius 3 is 2.94 bits per heavy atom. The smallest absolute Gasteiger partial charge is 0.116 e. The molecule has 0 saturated carbocycles. The van der Waals surface area contributed by atoms with Gasteiger partial charge in [0, 0.05) is 24.0 Å². The van der Waals surface area contributed by atoms with Crippen molar-refractivity contribution in [3.05, 3.63) is 30.4 Å². The van der Waals surface area contributed by atoms with Crippen LogP contribution in [0.3, 0.4) is 0 Å². The lowest BCUT2D eigenvalue weighted by Gasteiger charge is -2.11. The van der Waals surface area contributed by atoms with Crippen LogP contribution in [0.15, 0.2) is 24.8 Å². The molecule has 16 heavy (non-hydrogen) atoms. The highest BCUT2D eigenvalue weighted by Gasteiger charge is 2.12. The number of hydrogen-bond donors (Lipinski definition) is 0. The highest BCUT2D eigenvalue weighted by molar-refractivity contribution is 6.17. The van der Waals surface area contributed by atoms with Gasteiger partial charge in [-0.15, -0.1) is 11.6 Å². The summed E-state index contributed by atoms with van der Waals surface area (Å²) < 4.78 is 1.93. The average Bonchev–Trinajstić information content (AvgIpc) is 2.77. The molecule has 0 amide bonds. The Kier molecular flexibility index (Phi) is 3.19. The predicted octanol–water partition coefficient (Wildman–Crippen LogP) is 2.66. The van der Waals surface area contributed by atoms with Crippen LogP contribution in [0, 0.1) is 0 Å². The molecule has 4 nitrogen and oxygen atoms in total. The van der Waals surface area contributed by atoms with E-state index in [0.29, 0.717) is 11.9 Å². The minimum Gasteiger partial charge on any atom is -0.261 e. The summed E-state index contributed by atoms with van der Waals surface area (Å²) in [6.07, 6.45) is 5.05. The lowest BCUT2D eigenvalue weighted by atomic mass is 10.2. The van der Waals surface area contributed by atoms with E-state index in [1.807, 2.05) is 10.7 Å². The summed E-state index contributed by atoms with van der Waals surface area (Å²) >= 11 is 5.87. The molecular formula is C11H13ClN4. The Labute approximate surface area is 99.3 Å². The van der Waals surface area contributed by atoms with E-state index < -0.39 is 0 Å². The van der Waals surface area contributed by atoms with Crippen molar-refractivity contribution in [2.24, 2.45) is 0 Å². The summed E-state index contributed by atoms with van der Waals surface area (Å²) in [7, 11) is 0. The Balaban J connectivity index is 2.54. The molecule has 0 radical (unpaired) electrons. The summed E-state index contributed by atoms with van der Waals surface area (Å²) in [6, 6.07) is 2.24. The zero-order chi connectivity index (χ0) is 11.5. The molecule has 0 atom stereocenters. The van der Waals surface area contributed by atoms with E-state index in [4.69, 9.17) is 11.6 Å². The molecule has 5 heteroatoms. The first-order valence-electron chi connectivity index (χ1n) is 5.12. The maximum absolute atomic E-state index is 5.87. The monoisotopic (exact) mass is 236 g/mol. The average molecular weight is 237 g/mol. The van der Waals surface area contributed by atoms with Crippen molar-refractivity contribution in [3.63, 3.8) is 0 Å². The SMILES string of the molecule is CC(C)n1nccc1-c1ncncc1CCl. The second-order valence-corrected chi connectivity index (χ2v) is 4.05. The summed E-state index contributed by atoms with van der Waals surface area (Å²) in [5, 5.41) is 4.28. The van der Waals surface area contributed by atoms with Crippen LogP contribution < -0.4 is 0 Å². The van der Waals surface area contributed by atoms with Crippen LogP contribution in [0.5, 0.6) is 0 Å². The van der Waals surface area contributed by atoms with Crippen LogP contribution >= 0.6 is 11.6 Å². The van der Waals surface area contributed by atoms with Gasteiger partial charge in [-0.2, -0.15) is 5.10 Å². The number of nitrogens with zero attached hydrogens (tertiary/aromatic N) is 4. The van der Waals surface area contributed by atoms with E-state index in [2.05, 4.69) is 28.9 Å². The maximum Gasteiger partial charge on any atom is 0.116 e. The van der Waals surface area contributed by atoms with Gasteiger partial charge in [-0.05, 0) is 19.9 Å². The van der Waals surface area contributed by atoms with Crippen molar-refractivity contribution < 1.29 is 0 Å². The van der Waals surface area contributed by atoms with E-state index in [-0.39, 0.29) is 0 Å². The quantitative estimate of drug-likeness (QED) is 0.770. The molecule has 0 aliphatic heterocycles. The van der Waals surface area contributed by atoms with Crippen LogP contribution in [0.4, 0.5) is 0 Å². The third-order valence-electron chi connectivity index (χ3n) is 2.33. The van der Waals surface area contributed by atoms with Crippen molar-refractivity contribution in [3.8, 4) is 11.4 Å². The van der Waals surface area contributed by atoms with Crippen LogP contribution in [-0.2, 0) is 5.88 Å². The molecule has 0 aliphatic rings.